The van der Waals surface area contributed by atoms with E-state index in [1.54, 1.807) is 0 Å². The molecule has 0 atom stereocenters. The molecular weight excluding hydrogens is 286 g/mol. The summed E-state index contributed by atoms with van der Waals surface area (Å²) in [6.07, 6.45) is 0. The van der Waals surface area contributed by atoms with Gasteiger partial charge in [-0.3, -0.25) is 13.9 Å². The zero-order chi connectivity index (χ0) is 14.4. The second kappa shape index (κ2) is 4.23. The summed E-state index contributed by atoms with van der Waals surface area (Å²) in [5.41, 5.74) is -0.556. The van der Waals surface area contributed by atoms with Gasteiger partial charge in [0.2, 0.25) is 5.89 Å². The lowest BCUT2D eigenvalue weighted by Gasteiger charge is -2.03. The normalized spacial score (nSPS) is 11.3. The monoisotopic (exact) mass is 295 g/mol. The number of rotatable bonds is 2. The van der Waals surface area contributed by atoms with E-state index >= 15 is 0 Å². The highest BCUT2D eigenvalue weighted by Crippen LogP contribution is 2.05. The highest BCUT2D eigenvalue weighted by Gasteiger charge is 2.16. The molecule has 3 heterocycles. The van der Waals surface area contributed by atoms with Gasteiger partial charge in [-0.05, 0) is 12.2 Å². The lowest BCUT2D eigenvalue weighted by Crippen LogP contribution is -2.37. The molecule has 3 aromatic rings. The molecule has 0 radical (unpaired) electrons. The van der Waals surface area contributed by atoms with Crippen LogP contribution in [-0.2, 0) is 20.6 Å². The van der Waals surface area contributed by atoms with E-state index in [2.05, 4.69) is 20.5 Å². The first kappa shape index (κ1) is 12.5. The number of aromatic nitrogens is 7. The summed E-state index contributed by atoms with van der Waals surface area (Å²) < 4.78 is 8.66. The summed E-state index contributed by atoms with van der Waals surface area (Å²) >= 11 is 4.77. The molecule has 0 bridgehead atoms. The summed E-state index contributed by atoms with van der Waals surface area (Å²) in [5, 5.41) is 14.0. The second-order valence-corrected chi connectivity index (χ2v) is 4.50. The maximum absolute atomic E-state index is 12.1. The molecule has 0 saturated heterocycles. The molecule has 1 N–H and O–H groups in total. The summed E-state index contributed by atoms with van der Waals surface area (Å²) in [5.74, 6) is 0.262. The van der Waals surface area contributed by atoms with Crippen LogP contribution in [0.15, 0.2) is 14.0 Å². The first-order valence-corrected chi connectivity index (χ1v) is 5.93. The third kappa shape index (κ3) is 1.71. The fourth-order valence-corrected chi connectivity index (χ4v) is 2.01. The molecule has 104 valence electrons. The van der Waals surface area contributed by atoms with Crippen molar-refractivity contribution in [2.75, 3.05) is 0 Å². The predicted molar refractivity (Wildman–Crippen MR) is 68.8 cm³/mol. The maximum Gasteiger partial charge on any atom is 0.332 e. The molecule has 0 aliphatic carbocycles. The Bertz CT molecular complexity index is 972. The molecule has 0 aromatic carbocycles. The standard InChI is InChI=1S/C9H9N7O3S/c1-14-6-5(7(17)15(2)9(14)18)16(13-11-6)3-4-10-12-8(20)19-4/h3H2,1-2H3,(H,12,20). The predicted octanol–water partition coefficient (Wildman–Crippen LogP) is -1.08. The number of H-pyrrole nitrogens is 1. The molecule has 0 saturated carbocycles. The first-order chi connectivity index (χ1) is 9.49. The Labute approximate surface area is 115 Å². The largest absolute Gasteiger partial charge is 0.412 e. The molecule has 3 rings (SSSR count). The van der Waals surface area contributed by atoms with E-state index in [-0.39, 0.29) is 28.4 Å². The van der Waals surface area contributed by atoms with Crippen molar-refractivity contribution in [1.82, 2.24) is 34.3 Å². The zero-order valence-electron chi connectivity index (χ0n) is 10.5. The van der Waals surface area contributed by atoms with E-state index in [9.17, 15) is 9.59 Å². The highest BCUT2D eigenvalue weighted by molar-refractivity contribution is 7.71. The molecule has 0 unspecified atom stereocenters. The molecule has 0 aliphatic heterocycles. The van der Waals surface area contributed by atoms with Crippen molar-refractivity contribution in [2.24, 2.45) is 14.1 Å². The van der Waals surface area contributed by atoms with Crippen molar-refractivity contribution in [2.45, 2.75) is 6.54 Å². The van der Waals surface area contributed by atoms with Crippen LogP contribution < -0.4 is 11.2 Å². The molecule has 0 spiro atoms. The van der Waals surface area contributed by atoms with Gasteiger partial charge in [0.05, 0.1) is 0 Å². The third-order valence-corrected chi connectivity index (χ3v) is 3.06. The van der Waals surface area contributed by atoms with E-state index < -0.39 is 11.2 Å². The van der Waals surface area contributed by atoms with Gasteiger partial charge in [0.1, 0.15) is 6.54 Å². The topological polar surface area (TPSA) is 117 Å². The van der Waals surface area contributed by atoms with Crippen LogP contribution in [0.5, 0.6) is 0 Å². The van der Waals surface area contributed by atoms with Crippen molar-refractivity contribution >= 4 is 23.4 Å². The fraction of sp³-hybridized carbons (Fsp3) is 0.333. The quantitative estimate of drug-likeness (QED) is 0.598. The fourth-order valence-electron chi connectivity index (χ4n) is 1.86. The van der Waals surface area contributed by atoms with Crippen molar-refractivity contribution in [3.63, 3.8) is 0 Å². The number of aromatic amines is 1. The van der Waals surface area contributed by atoms with Crippen LogP contribution in [0.25, 0.3) is 11.2 Å². The van der Waals surface area contributed by atoms with Crippen molar-refractivity contribution < 1.29 is 4.42 Å². The molecule has 0 aliphatic rings. The first-order valence-electron chi connectivity index (χ1n) is 5.52. The molecule has 20 heavy (non-hydrogen) atoms. The highest BCUT2D eigenvalue weighted by atomic mass is 32.1. The number of nitrogens with one attached hydrogen (secondary N) is 1. The number of hydrogen-bond donors (Lipinski definition) is 1. The van der Waals surface area contributed by atoms with Crippen LogP contribution in [0.2, 0.25) is 0 Å². The minimum Gasteiger partial charge on any atom is -0.412 e. The Morgan fingerprint density at radius 3 is 2.70 bits per heavy atom. The van der Waals surface area contributed by atoms with Crippen molar-refractivity contribution in [3.8, 4) is 0 Å². The van der Waals surface area contributed by atoms with Gasteiger partial charge in [0.15, 0.2) is 11.2 Å². The summed E-state index contributed by atoms with van der Waals surface area (Å²) in [6, 6.07) is 0. The molecule has 0 amide bonds. The van der Waals surface area contributed by atoms with Crippen LogP contribution >= 0.6 is 12.2 Å². The van der Waals surface area contributed by atoms with Gasteiger partial charge in [0.25, 0.3) is 10.4 Å². The van der Waals surface area contributed by atoms with Gasteiger partial charge in [-0.15, -0.1) is 10.2 Å². The summed E-state index contributed by atoms with van der Waals surface area (Å²) in [4.78, 5) is 24.1. The van der Waals surface area contributed by atoms with Gasteiger partial charge in [-0.2, -0.15) is 0 Å². The molecule has 10 nitrogen and oxygen atoms in total. The average molecular weight is 295 g/mol. The van der Waals surface area contributed by atoms with Crippen LogP contribution in [0, 0.1) is 4.84 Å². The minimum atomic E-state index is -0.484. The second-order valence-electron chi connectivity index (χ2n) is 4.13. The van der Waals surface area contributed by atoms with Crippen molar-refractivity contribution in [3.05, 3.63) is 31.6 Å². The molecular formula is C9H9N7O3S. The number of nitrogens with zero attached hydrogens (tertiary/aromatic N) is 6. The van der Waals surface area contributed by atoms with Crippen LogP contribution in [0.3, 0.4) is 0 Å². The number of fused-ring (bicyclic) bond motifs is 1. The SMILES string of the molecule is Cn1c(=O)c2c(nnn2Cc2n[nH]c(=S)o2)n(C)c1=O. The summed E-state index contributed by atoms with van der Waals surface area (Å²) in [7, 11) is 2.91. The molecule has 3 aromatic heterocycles. The van der Waals surface area contributed by atoms with Crippen LogP contribution in [-0.4, -0.2) is 34.3 Å². The van der Waals surface area contributed by atoms with Gasteiger partial charge in [0, 0.05) is 14.1 Å². The smallest absolute Gasteiger partial charge is 0.332 e. The van der Waals surface area contributed by atoms with E-state index in [0.717, 1.165) is 4.57 Å². The Morgan fingerprint density at radius 2 is 2.05 bits per heavy atom. The number of aryl methyl sites for hydroxylation is 1. The van der Waals surface area contributed by atoms with Gasteiger partial charge in [-0.1, -0.05) is 5.21 Å². The van der Waals surface area contributed by atoms with Crippen LogP contribution in [0.4, 0.5) is 0 Å². The van der Waals surface area contributed by atoms with Gasteiger partial charge in [-0.25, -0.2) is 14.6 Å². The lowest BCUT2D eigenvalue weighted by molar-refractivity contribution is 0.454. The third-order valence-electron chi connectivity index (χ3n) is 2.88. The average Bonchev–Trinajstić information content (AvgIpc) is 3.01. The number of hydrogen-bond acceptors (Lipinski definition) is 7. The van der Waals surface area contributed by atoms with E-state index in [4.69, 9.17) is 16.6 Å². The van der Waals surface area contributed by atoms with Crippen LogP contribution in [0.1, 0.15) is 5.89 Å². The Hall–Kier alpha value is -2.56. The minimum absolute atomic E-state index is 0.0804. The molecule has 11 heteroatoms. The van der Waals surface area contributed by atoms with E-state index in [1.165, 1.54) is 23.3 Å². The van der Waals surface area contributed by atoms with E-state index in [0.29, 0.717) is 0 Å². The Balaban J connectivity index is 2.26. The van der Waals surface area contributed by atoms with Gasteiger partial charge >= 0.3 is 5.69 Å². The molecule has 0 fully saturated rings. The van der Waals surface area contributed by atoms with Crippen molar-refractivity contribution in [1.29, 1.82) is 0 Å². The lowest BCUT2D eigenvalue weighted by atomic mass is 10.5. The zero-order valence-corrected chi connectivity index (χ0v) is 11.3. The van der Waals surface area contributed by atoms with Gasteiger partial charge < -0.3 is 4.42 Å². The Kier molecular flexibility index (Phi) is 2.64. The maximum atomic E-state index is 12.1. The van der Waals surface area contributed by atoms with E-state index in [1.807, 2.05) is 0 Å². The summed E-state index contributed by atoms with van der Waals surface area (Å²) in [6.45, 7) is 0.0804. The Morgan fingerprint density at radius 1 is 1.30 bits per heavy atom.